The highest BCUT2D eigenvalue weighted by Crippen LogP contribution is 2.49. The van der Waals surface area contributed by atoms with Crippen LogP contribution in [0.15, 0.2) is 41.5 Å². The number of hydrogen-bond acceptors (Lipinski definition) is 2. The SMILES string of the molecule is C/C=C1\[C@H]2C=C(C)C[C@]1(N)c1cccc(N)c1C2. The van der Waals surface area contributed by atoms with Crippen LogP contribution in [0.4, 0.5) is 5.69 Å². The first-order valence-corrected chi connectivity index (χ1v) is 6.57. The Hall–Kier alpha value is -1.54. The van der Waals surface area contributed by atoms with Gasteiger partial charge >= 0.3 is 0 Å². The molecule has 2 heteroatoms. The van der Waals surface area contributed by atoms with E-state index < -0.39 is 0 Å². The first-order chi connectivity index (χ1) is 8.56. The zero-order valence-electron chi connectivity index (χ0n) is 11.0. The Morgan fingerprint density at radius 1 is 1.39 bits per heavy atom. The van der Waals surface area contributed by atoms with Gasteiger partial charge < -0.3 is 11.5 Å². The first kappa shape index (κ1) is 11.5. The van der Waals surface area contributed by atoms with E-state index in [4.69, 9.17) is 11.5 Å². The summed E-state index contributed by atoms with van der Waals surface area (Å²) < 4.78 is 0. The molecule has 18 heavy (non-hydrogen) atoms. The van der Waals surface area contributed by atoms with Gasteiger partial charge in [-0.15, -0.1) is 0 Å². The lowest BCUT2D eigenvalue weighted by atomic mass is 9.62. The Kier molecular flexibility index (Phi) is 2.39. The van der Waals surface area contributed by atoms with Gasteiger partial charge in [-0.2, -0.15) is 0 Å². The van der Waals surface area contributed by atoms with Gasteiger partial charge in [0.1, 0.15) is 0 Å². The van der Waals surface area contributed by atoms with Crippen LogP contribution in [0.1, 0.15) is 31.4 Å². The molecular formula is C16H20N2. The summed E-state index contributed by atoms with van der Waals surface area (Å²) in [6.45, 7) is 4.27. The summed E-state index contributed by atoms with van der Waals surface area (Å²) in [5.74, 6) is 0.422. The van der Waals surface area contributed by atoms with Crippen molar-refractivity contribution in [2.24, 2.45) is 11.7 Å². The quantitative estimate of drug-likeness (QED) is 0.541. The Balaban J connectivity index is 2.29. The number of rotatable bonds is 0. The van der Waals surface area contributed by atoms with Crippen LogP contribution in [0.3, 0.4) is 0 Å². The maximum Gasteiger partial charge on any atom is 0.0671 e. The van der Waals surface area contributed by atoms with E-state index in [1.54, 1.807) is 0 Å². The van der Waals surface area contributed by atoms with Crippen LogP contribution in [-0.4, -0.2) is 0 Å². The molecule has 2 aliphatic carbocycles. The standard InChI is InChI=1S/C16H20N2/c1-3-13-11-7-10(2)9-16(13,18)14-5-4-6-15(17)12(14)8-11/h3-7,11H,8-9,17-18H2,1-2H3/b13-3+/t11-,16+/m0/s1. The third-order valence-corrected chi connectivity index (χ3v) is 4.39. The van der Waals surface area contributed by atoms with Crippen molar-refractivity contribution >= 4 is 5.69 Å². The minimum absolute atomic E-state index is 0.346. The van der Waals surface area contributed by atoms with Crippen molar-refractivity contribution < 1.29 is 0 Å². The van der Waals surface area contributed by atoms with Crippen molar-refractivity contribution in [1.29, 1.82) is 0 Å². The van der Waals surface area contributed by atoms with Gasteiger partial charge in [-0.05, 0) is 49.5 Å². The van der Waals surface area contributed by atoms with Crippen LogP contribution >= 0.6 is 0 Å². The maximum absolute atomic E-state index is 6.76. The fourth-order valence-electron chi connectivity index (χ4n) is 3.73. The van der Waals surface area contributed by atoms with Crippen LogP contribution in [0.25, 0.3) is 0 Å². The minimum atomic E-state index is -0.346. The average Bonchev–Trinajstić information content (AvgIpc) is 2.29. The highest BCUT2D eigenvalue weighted by Gasteiger charge is 2.43. The number of nitrogen functional groups attached to an aromatic ring is 1. The Labute approximate surface area is 108 Å². The summed E-state index contributed by atoms with van der Waals surface area (Å²) >= 11 is 0. The largest absolute Gasteiger partial charge is 0.398 e. The molecule has 2 aliphatic rings. The van der Waals surface area contributed by atoms with Gasteiger partial charge in [0.25, 0.3) is 0 Å². The molecule has 3 rings (SSSR count). The summed E-state index contributed by atoms with van der Waals surface area (Å²) in [4.78, 5) is 0. The van der Waals surface area contributed by atoms with E-state index in [0.717, 1.165) is 18.5 Å². The lowest BCUT2D eigenvalue weighted by Crippen LogP contribution is -2.47. The summed E-state index contributed by atoms with van der Waals surface area (Å²) in [5, 5.41) is 0. The number of hydrogen-bond donors (Lipinski definition) is 2. The molecule has 2 nitrogen and oxygen atoms in total. The molecule has 0 radical (unpaired) electrons. The van der Waals surface area contributed by atoms with E-state index in [1.807, 2.05) is 12.1 Å². The molecule has 0 aliphatic heterocycles. The average molecular weight is 240 g/mol. The Morgan fingerprint density at radius 2 is 2.17 bits per heavy atom. The van der Waals surface area contributed by atoms with Crippen molar-refractivity contribution in [1.82, 2.24) is 0 Å². The van der Waals surface area contributed by atoms with Gasteiger partial charge in [-0.1, -0.05) is 29.9 Å². The van der Waals surface area contributed by atoms with E-state index in [-0.39, 0.29) is 5.54 Å². The molecule has 94 valence electrons. The third kappa shape index (κ3) is 1.39. The maximum atomic E-state index is 6.76. The summed E-state index contributed by atoms with van der Waals surface area (Å²) in [6, 6.07) is 6.14. The smallest absolute Gasteiger partial charge is 0.0671 e. The number of anilines is 1. The first-order valence-electron chi connectivity index (χ1n) is 6.57. The lowest BCUT2D eigenvalue weighted by molar-refractivity contribution is 0.416. The molecule has 0 spiro atoms. The Morgan fingerprint density at radius 3 is 2.89 bits per heavy atom. The number of nitrogens with two attached hydrogens (primary N) is 2. The second-order valence-corrected chi connectivity index (χ2v) is 5.59. The van der Waals surface area contributed by atoms with E-state index in [1.165, 1.54) is 22.3 Å². The molecule has 1 aromatic rings. The molecule has 0 heterocycles. The predicted molar refractivity (Wildman–Crippen MR) is 76.0 cm³/mol. The summed E-state index contributed by atoms with van der Waals surface area (Å²) in [6.07, 6.45) is 6.44. The van der Waals surface area contributed by atoms with E-state index in [0.29, 0.717) is 5.92 Å². The molecule has 1 aromatic carbocycles. The monoisotopic (exact) mass is 240 g/mol. The van der Waals surface area contributed by atoms with Crippen molar-refractivity contribution in [3.8, 4) is 0 Å². The Bertz CT molecular complexity index is 568. The molecule has 0 fully saturated rings. The molecule has 0 aromatic heterocycles. The van der Waals surface area contributed by atoms with Gasteiger partial charge in [0.15, 0.2) is 0 Å². The van der Waals surface area contributed by atoms with Crippen molar-refractivity contribution in [2.75, 3.05) is 5.73 Å². The molecule has 4 N–H and O–H groups in total. The second-order valence-electron chi connectivity index (χ2n) is 5.59. The van der Waals surface area contributed by atoms with E-state index >= 15 is 0 Å². The molecule has 0 unspecified atom stereocenters. The van der Waals surface area contributed by atoms with Crippen molar-refractivity contribution in [3.05, 3.63) is 52.6 Å². The zero-order valence-corrected chi connectivity index (χ0v) is 11.0. The highest BCUT2D eigenvalue weighted by molar-refractivity contribution is 5.60. The van der Waals surface area contributed by atoms with Crippen LogP contribution in [0.5, 0.6) is 0 Å². The zero-order chi connectivity index (χ0) is 12.9. The molecular weight excluding hydrogens is 220 g/mol. The van der Waals surface area contributed by atoms with Gasteiger partial charge in [0.2, 0.25) is 0 Å². The number of fused-ring (bicyclic) bond motifs is 4. The van der Waals surface area contributed by atoms with Crippen LogP contribution in [0.2, 0.25) is 0 Å². The molecule has 0 amide bonds. The fourth-order valence-corrected chi connectivity index (χ4v) is 3.73. The normalized spacial score (nSPS) is 32.1. The van der Waals surface area contributed by atoms with Crippen molar-refractivity contribution in [2.45, 2.75) is 32.2 Å². The van der Waals surface area contributed by atoms with Crippen LogP contribution < -0.4 is 11.5 Å². The second kappa shape index (κ2) is 3.72. The lowest BCUT2D eigenvalue weighted by Gasteiger charge is -2.46. The van der Waals surface area contributed by atoms with Crippen LogP contribution in [0, 0.1) is 5.92 Å². The van der Waals surface area contributed by atoms with Gasteiger partial charge in [-0.3, -0.25) is 0 Å². The van der Waals surface area contributed by atoms with Crippen molar-refractivity contribution in [3.63, 3.8) is 0 Å². The highest BCUT2D eigenvalue weighted by atomic mass is 14.8. The molecule has 0 saturated carbocycles. The van der Waals surface area contributed by atoms with Crippen LogP contribution in [-0.2, 0) is 12.0 Å². The number of benzene rings is 1. The number of allylic oxidation sites excluding steroid dienone is 2. The van der Waals surface area contributed by atoms with E-state index in [9.17, 15) is 0 Å². The van der Waals surface area contributed by atoms with Gasteiger partial charge in [-0.25, -0.2) is 0 Å². The van der Waals surface area contributed by atoms with Gasteiger partial charge in [0.05, 0.1) is 5.54 Å². The molecule has 2 atom stereocenters. The van der Waals surface area contributed by atoms with Gasteiger partial charge in [0, 0.05) is 11.6 Å². The topological polar surface area (TPSA) is 52.0 Å². The minimum Gasteiger partial charge on any atom is -0.398 e. The summed E-state index contributed by atoms with van der Waals surface area (Å²) in [5.41, 5.74) is 18.6. The fraction of sp³-hybridized carbons (Fsp3) is 0.375. The van der Waals surface area contributed by atoms with E-state index in [2.05, 4.69) is 32.1 Å². The third-order valence-electron chi connectivity index (χ3n) is 4.39. The predicted octanol–water partition coefficient (Wildman–Crippen LogP) is 2.89. The molecule has 2 bridgehead atoms. The molecule has 0 saturated heterocycles. The summed E-state index contributed by atoms with van der Waals surface area (Å²) in [7, 11) is 0.